The van der Waals surface area contributed by atoms with Crippen LogP contribution in [0.2, 0.25) is 0 Å². The van der Waals surface area contributed by atoms with E-state index in [4.69, 9.17) is 9.72 Å². The lowest BCUT2D eigenvalue weighted by molar-refractivity contribution is 0.414. The van der Waals surface area contributed by atoms with Gasteiger partial charge in [-0.15, -0.1) is 11.3 Å². The molecule has 0 N–H and O–H groups in total. The Kier molecular flexibility index (Phi) is 4.57. The van der Waals surface area contributed by atoms with Gasteiger partial charge in [-0.25, -0.2) is 9.97 Å². The van der Waals surface area contributed by atoms with Crippen LogP contribution in [0.25, 0.3) is 21.7 Å². The predicted molar refractivity (Wildman–Crippen MR) is 117 cm³/mol. The maximum absolute atomic E-state index is 12.2. The van der Waals surface area contributed by atoms with E-state index in [1.54, 1.807) is 35.5 Å². The molecule has 5 aromatic rings. The Bertz CT molecular complexity index is 1370. The monoisotopic (exact) mass is 420 g/mol. The zero-order valence-electron chi connectivity index (χ0n) is 15.5. The molecule has 0 bridgehead atoms. The van der Waals surface area contributed by atoms with Crippen LogP contribution in [-0.2, 0) is 5.75 Å². The van der Waals surface area contributed by atoms with Crippen LogP contribution >= 0.6 is 23.1 Å². The molecule has 0 saturated carbocycles. The number of nitrogens with zero attached hydrogens (tertiary/aromatic N) is 4. The van der Waals surface area contributed by atoms with Crippen molar-refractivity contribution in [1.29, 1.82) is 0 Å². The molecular weight excluding hydrogens is 404 g/mol. The summed E-state index contributed by atoms with van der Waals surface area (Å²) >= 11 is 3.02. The van der Waals surface area contributed by atoms with Gasteiger partial charge >= 0.3 is 0 Å². The van der Waals surface area contributed by atoms with E-state index in [0.29, 0.717) is 10.7 Å². The highest BCUT2D eigenvalue weighted by Crippen LogP contribution is 2.30. The van der Waals surface area contributed by atoms with Gasteiger partial charge in [0, 0.05) is 29.1 Å². The van der Waals surface area contributed by atoms with Crippen LogP contribution in [0.1, 0.15) is 5.69 Å². The lowest BCUT2D eigenvalue weighted by Crippen LogP contribution is -2.12. The quantitative estimate of drug-likeness (QED) is 0.395. The zero-order valence-corrected chi connectivity index (χ0v) is 17.1. The number of hydrogen-bond acceptors (Lipinski definition) is 6. The van der Waals surface area contributed by atoms with Gasteiger partial charge in [0.1, 0.15) is 5.75 Å². The number of fused-ring (bicyclic) bond motifs is 2. The number of rotatable bonds is 5. The summed E-state index contributed by atoms with van der Waals surface area (Å²) in [7, 11) is 1.66. The number of aromatic nitrogens is 4. The molecule has 0 aliphatic rings. The molecule has 0 fully saturated rings. The fourth-order valence-corrected chi connectivity index (χ4v) is 4.84. The molecule has 5 rings (SSSR count). The SMILES string of the molecule is COc1ccc(-n2c(SCc3cc(=O)n4ccsc4n3)nc3ccccc32)cc1. The fourth-order valence-electron chi connectivity index (χ4n) is 3.18. The van der Waals surface area contributed by atoms with Crippen molar-refractivity contribution < 1.29 is 4.74 Å². The third-order valence-electron chi connectivity index (χ3n) is 4.57. The topological polar surface area (TPSA) is 61.4 Å². The summed E-state index contributed by atoms with van der Waals surface area (Å²) < 4.78 is 8.96. The second-order valence-electron chi connectivity index (χ2n) is 6.35. The smallest absolute Gasteiger partial charge is 0.258 e. The molecule has 3 heterocycles. The maximum atomic E-state index is 12.2. The van der Waals surface area contributed by atoms with Crippen molar-refractivity contribution in [3.05, 3.63) is 82.2 Å². The highest BCUT2D eigenvalue weighted by molar-refractivity contribution is 7.98. The molecule has 0 aliphatic heterocycles. The summed E-state index contributed by atoms with van der Waals surface area (Å²) in [6.07, 6.45) is 1.75. The summed E-state index contributed by atoms with van der Waals surface area (Å²) in [5.41, 5.74) is 3.64. The van der Waals surface area contributed by atoms with Crippen molar-refractivity contribution >= 4 is 39.1 Å². The average molecular weight is 421 g/mol. The first-order valence-corrected chi connectivity index (χ1v) is 10.8. The summed E-state index contributed by atoms with van der Waals surface area (Å²) in [5, 5.41) is 2.72. The molecule has 2 aromatic carbocycles. The van der Waals surface area contributed by atoms with Crippen LogP contribution in [0.4, 0.5) is 0 Å². The Morgan fingerprint density at radius 1 is 1.10 bits per heavy atom. The Hall–Kier alpha value is -3.10. The minimum atomic E-state index is -0.0597. The van der Waals surface area contributed by atoms with E-state index in [9.17, 15) is 4.79 Å². The number of methoxy groups -OCH3 is 1. The lowest BCUT2D eigenvalue weighted by atomic mass is 10.2. The second-order valence-corrected chi connectivity index (χ2v) is 8.16. The van der Waals surface area contributed by atoms with Gasteiger partial charge in [-0.05, 0) is 36.4 Å². The molecule has 0 atom stereocenters. The van der Waals surface area contributed by atoms with Gasteiger partial charge in [-0.2, -0.15) is 0 Å². The van der Waals surface area contributed by atoms with Crippen molar-refractivity contribution in [3.63, 3.8) is 0 Å². The average Bonchev–Trinajstić information content (AvgIpc) is 3.37. The van der Waals surface area contributed by atoms with Gasteiger partial charge in [0.25, 0.3) is 5.56 Å². The minimum Gasteiger partial charge on any atom is -0.497 e. The van der Waals surface area contributed by atoms with Gasteiger partial charge in [0.05, 0.1) is 23.8 Å². The normalized spacial score (nSPS) is 11.3. The van der Waals surface area contributed by atoms with Crippen LogP contribution in [0.5, 0.6) is 5.75 Å². The van der Waals surface area contributed by atoms with Crippen LogP contribution < -0.4 is 10.3 Å². The first kappa shape index (κ1) is 18.0. The number of para-hydroxylation sites is 2. The van der Waals surface area contributed by atoms with E-state index < -0.39 is 0 Å². The number of thiazole rings is 1. The fraction of sp³-hybridized carbons (Fsp3) is 0.0952. The summed E-state index contributed by atoms with van der Waals surface area (Å²) in [6, 6.07) is 17.5. The molecule has 0 unspecified atom stereocenters. The highest BCUT2D eigenvalue weighted by Gasteiger charge is 2.14. The number of benzene rings is 2. The third-order valence-corrected chi connectivity index (χ3v) is 6.29. The zero-order chi connectivity index (χ0) is 19.8. The van der Waals surface area contributed by atoms with E-state index in [2.05, 4.69) is 15.6 Å². The molecule has 29 heavy (non-hydrogen) atoms. The van der Waals surface area contributed by atoms with E-state index in [1.807, 2.05) is 47.8 Å². The van der Waals surface area contributed by atoms with Gasteiger partial charge < -0.3 is 4.74 Å². The van der Waals surface area contributed by atoms with Crippen molar-refractivity contribution in [2.75, 3.05) is 7.11 Å². The third kappa shape index (κ3) is 3.30. The number of thioether (sulfide) groups is 1. The molecule has 144 valence electrons. The Morgan fingerprint density at radius 3 is 2.76 bits per heavy atom. The second kappa shape index (κ2) is 7.38. The molecule has 0 saturated heterocycles. The molecule has 0 radical (unpaired) electrons. The molecule has 0 aliphatic carbocycles. The van der Waals surface area contributed by atoms with Gasteiger partial charge in [0.15, 0.2) is 10.1 Å². The predicted octanol–water partition coefficient (Wildman–Crippen LogP) is 4.40. The molecule has 8 heteroatoms. The van der Waals surface area contributed by atoms with Crippen molar-refractivity contribution in [2.45, 2.75) is 10.9 Å². The molecule has 3 aromatic heterocycles. The van der Waals surface area contributed by atoms with Crippen LogP contribution in [0, 0.1) is 0 Å². The van der Waals surface area contributed by atoms with Crippen molar-refractivity contribution in [1.82, 2.24) is 18.9 Å². The van der Waals surface area contributed by atoms with Gasteiger partial charge in [-0.3, -0.25) is 13.8 Å². The molecule has 0 amide bonds. The Morgan fingerprint density at radius 2 is 1.93 bits per heavy atom. The highest BCUT2D eigenvalue weighted by atomic mass is 32.2. The van der Waals surface area contributed by atoms with Gasteiger partial charge in [-0.1, -0.05) is 23.9 Å². The van der Waals surface area contributed by atoms with E-state index in [1.165, 1.54) is 11.3 Å². The van der Waals surface area contributed by atoms with Gasteiger partial charge in [0.2, 0.25) is 0 Å². The minimum absolute atomic E-state index is 0.0597. The van der Waals surface area contributed by atoms with Crippen molar-refractivity contribution in [2.24, 2.45) is 0 Å². The number of hydrogen-bond donors (Lipinski definition) is 0. The van der Waals surface area contributed by atoms with Crippen LogP contribution in [0.3, 0.4) is 0 Å². The summed E-state index contributed by atoms with van der Waals surface area (Å²) in [4.78, 5) is 22.4. The number of ether oxygens (including phenoxy) is 1. The van der Waals surface area contributed by atoms with E-state index in [-0.39, 0.29) is 5.56 Å². The molecule has 6 nitrogen and oxygen atoms in total. The van der Waals surface area contributed by atoms with Crippen molar-refractivity contribution in [3.8, 4) is 11.4 Å². The maximum Gasteiger partial charge on any atom is 0.258 e. The first-order chi connectivity index (χ1) is 14.2. The van der Waals surface area contributed by atoms with E-state index in [0.717, 1.165) is 33.3 Å². The van der Waals surface area contributed by atoms with E-state index >= 15 is 0 Å². The molecule has 0 spiro atoms. The Balaban J connectivity index is 1.54. The standard InChI is InChI=1S/C21H16N4O2S2/c1-27-16-8-6-15(7-9-16)25-18-5-3-2-4-17(18)23-21(25)29-13-14-12-19(26)24-10-11-28-20(24)22-14/h2-12H,13H2,1H3. The largest absolute Gasteiger partial charge is 0.497 e. The van der Waals surface area contributed by atoms with Crippen LogP contribution in [0.15, 0.2) is 76.1 Å². The lowest BCUT2D eigenvalue weighted by Gasteiger charge is -2.10. The number of imidazole rings is 1. The van der Waals surface area contributed by atoms with Crippen LogP contribution in [-0.4, -0.2) is 26.0 Å². The first-order valence-electron chi connectivity index (χ1n) is 8.93. The molecular formula is C21H16N4O2S2. The summed E-state index contributed by atoms with van der Waals surface area (Å²) in [5.74, 6) is 1.37. The summed E-state index contributed by atoms with van der Waals surface area (Å²) in [6.45, 7) is 0. The Labute approximate surface area is 174 Å².